The molecule has 3 nitrogen and oxygen atoms in total. The molecule has 2 aromatic carbocycles. The number of halogens is 1. The summed E-state index contributed by atoms with van der Waals surface area (Å²) in [6.07, 6.45) is 0. The summed E-state index contributed by atoms with van der Waals surface area (Å²) in [7, 11) is 0. The summed E-state index contributed by atoms with van der Waals surface area (Å²) in [5.74, 6) is 1.30. The number of hydrogen-bond donors (Lipinski definition) is 1. The lowest BCUT2D eigenvalue weighted by Crippen LogP contribution is -2.15. The van der Waals surface area contributed by atoms with Crippen LogP contribution in [0.4, 0.5) is 10.1 Å². The van der Waals surface area contributed by atoms with E-state index < -0.39 is 0 Å². The van der Waals surface area contributed by atoms with Crippen LogP contribution in [0, 0.1) is 12.7 Å². The van der Waals surface area contributed by atoms with Crippen LogP contribution in [-0.2, 0) is 6.54 Å². The molecule has 4 heteroatoms. The van der Waals surface area contributed by atoms with E-state index in [-0.39, 0.29) is 5.82 Å². The monoisotopic (exact) mass is 273 g/mol. The number of rotatable bonds is 3. The van der Waals surface area contributed by atoms with Gasteiger partial charge in [0.2, 0.25) is 0 Å². The first kappa shape index (κ1) is 12.8. The summed E-state index contributed by atoms with van der Waals surface area (Å²) in [5.41, 5.74) is 2.94. The van der Waals surface area contributed by atoms with Crippen LogP contribution in [0.25, 0.3) is 0 Å². The van der Waals surface area contributed by atoms with Gasteiger partial charge in [-0.2, -0.15) is 0 Å². The highest BCUT2D eigenvalue weighted by Gasteiger charge is 2.11. The zero-order valence-electron chi connectivity index (χ0n) is 11.3. The standard InChI is InChI=1S/C16H16FNO2/c1-11-2-3-13(17)8-12(11)10-18-14-4-5-15-16(9-14)20-7-6-19-15/h2-5,8-9,18H,6-7,10H2,1H3. The molecular weight excluding hydrogens is 257 g/mol. The van der Waals surface area contributed by atoms with E-state index in [0.29, 0.717) is 19.8 Å². The van der Waals surface area contributed by atoms with Gasteiger partial charge in [0.1, 0.15) is 19.0 Å². The summed E-state index contributed by atoms with van der Waals surface area (Å²) in [6.45, 7) is 3.70. The smallest absolute Gasteiger partial charge is 0.163 e. The number of hydrogen-bond acceptors (Lipinski definition) is 3. The molecule has 1 N–H and O–H groups in total. The second-order valence-corrected chi connectivity index (χ2v) is 4.78. The van der Waals surface area contributed by atoms with E-state index in [2.05, 4.69) is 5.32 Å². The van der Waals surface area contributed by atoms with Crippen molar-refractivity contribution < 1.29 is 13.9 Å². The largest absolute Gasteiger partial charge is 0.486 e. The molecule has 20 heavy (non-hydrogen) atoms. The molecule has 0 radical (unpaired) electrons. The van der Waals surface area contributed by atoms with Gasteiger partial charge in [-0.3, -0.25) is 0 Å². The Bertz CT molecular complexity index is 628. The summed E-state index contributed by atoms with van der Waals surface area (Å²) < 4.78 is 24.2. The Hall–Kier alpha value is -2.23. The lowest BCUT2D eigenvalue weighted by Gasteiger charge is -2.19. The molecule has 0 bridgehead atoms. The molecule has 1 aliphatic rings. The summed E-state index contributed by atoms with van der Waals surface area (Å²) >= 11 is 0. The molecular formula is C16H16FNO2. The normalized spacial score (nSPS) is 13.1. The van der Waals surface area contributed by atoms with Crippen LogP contribution in [0.5, 0.6) is 11.5 Å². The zero-order valence-corrected chi connectivity index (χ0v) is 11.3. The lowest BCUT2D eigenvalue weighted by atomic mass is 10.1. The summed E-state index contributed by atoms with van der Waals surface area (Å²) in [4.78, 5) is 0. The third-order valence-electron chi connectivity index (χ3n) is 3.34. The molecule has 0 amide bonds. The molecule has 1 heterocycles. The van der Waals surface area contributed by atoms with Gasteiger partial charge in [0.05, 0.1) is 0 Å². The van der Waals surface area contributed by atoms with Crippen LogP contribution < -0.4 is 14.8 Å². The van der Waals surface area contributed by atoms with Crippen LogP contribution in [0.15, 0.2) is 36.4 Å². The number of anilines is 1. The Balaban J connectivity index is 1.73. The van der Waals surface area contributed by atoms with Crippen LogP contribution in [0.2, 0.25) is 0 Å². The van der Waals surface area contributed by atoms with E-state index in [1.807, 2.05) is 25.1 Å². The predicted octanol–water partition coefficient (Wildman–Crippen LogP) is 3.52. The van der Waals surface area contributed by atoms with Crippen molar-refractivity contribution in [2.75, 3.05) is 18.5 Å². The first-order valence-electron chi connectivity index (χ1n) is 6.61. The Morgan fingerprint density at radius 2 is 1.85 bits per heavy atom. The van der Waals surface area contributed by atoms with E-state index in [4.69, 9.17) is 9.47 Å². The molecule has 0 fully saturated rings. The average Bonchev–Trinajstić information content (AvgIpc) is 2.48. The van der Waals surface area contributed by atoms with Gasteiger partial charge in [-0.05, 0) is 42.3 Å². The van der Waals surface area contributed by atoms with Crippen molar-refractivity contribution in [3.05, 3.63) is 53.3 Å². The molecule has 0 saturated heterocycles. The fourth-order valence-electron chi connectivity index (χ4n) is 2.18. The van der Waals surface area contributed by atoms with Crippen LogP contribution in [0.3, 0.4) is 0 Å². The highest BCUT2D eigenvalue weighted by atomic mass is 19.1. The van der Waals surface area contributed by atoms with Gasteiger partial charge >= 0.3 is 0 Å². The van der Waals surface area contributed by atoms with Gasteiger partial charge in [0.25, 0.3) is 0 Å². The zero-order chi connectivity index (χ0) is 13.9. The molecule has 0 aromatic heterocycles. The average molecular weight is 273 g/mol. The maximum atomic E-state index is 13.2. The topological polar surface area (TPSA) is 30.5 Å². The van der Waals surface area contributed by atoms with Gasteiger partial charge in [0, 0.05) is 18.3 Å². The number of ether oxygens (including phenoxy) is 2. The highest BCUT2D eigenvalue weighted by Crippen LogP contribution is 2.32. The molecule has 0 atom stereocenters. The Morgan fingerprint density at radius 3 is 2.70 bits per heavy atom. The quantitative estimate of drug-likeness (QED) is 0.928. The minimum absolute atomic E-state index is 0.213. The van der Waals surface area contributed by atoms with Gasteiger partial charge in [-0.1, -0.05) is 6.07 Å². The number of benzene rings is 2. The molecule has 3 rings (SSSR count). The van der Waals surface area contributed by atoms with Crippen molar-refractivity contribution >= 4 is 5.69 Å². The van der Waals surface area contributed by atoms with Crippen molar-refractivity contribution in [1.82, 2.24) is 0 Å². The minimum atomic E-state index is -0.213. The molecule has 0 aliphatic carbocycles. The third kappa shape index (κ3) is 2.69. The fraction of sp³-hybridized carbons (Fsp3) is 0.250. The lowest BCUT2D eigenvalue weighted by molar-refractivity contribution is 0.171. The number of nitrogens with one attached hydrogen (secondary N) is 1. The number of aryl methyl sites for hydroxylation is 1. The first-order chi connectivity index (χ1) is 9.72. The van der Waals surface area contributed by atoms with Crippen molar-refractivity contribution in [3.8, 4) is 11.5 Å². The van der Waals surface area contributed by atoms with Gasteiger partial charge < -0.3 is 14.8 Å². The number of fused-ring (bicyclic) bond motifs is 1. The molecule has 0 spiro atoms. The maximum Gasteiger partial charge on any atom is 0.163 e. The molecule has 0 unspecified atom stereocenters. The first-order valence-corrected chi connectivity index (χ1v) is 6.61. The molecule has 1 aliphatic heterocycles. The third-order valence-corrected chi connectivity index (χ3v) is 3.34. The van der Waals surface area contributed by atoms with Crippen LogP contribution in [0.1, 0.15) is 11.1 Å². The van der Waals surface area contributed by atoms with Gasteiger partial charge in [-0.25, -0.2) is 4.39 Å². The molecule has 0 saturated carbocycles. The Kier molecular flexibility index (Phi) is 3.46. The second kappa shape index (κ2) is 5.41. The second-order valence-electron chi connectivity index (χ2n) is 4.78. The van der Waals surface area contributed by atoms with E-state index in [1.165, 1.54) is 6.07 Å². The minimum Gasteiger partial charge on any atom is -0.486 e. The molecule has 104 valence electrons. The van der Waals surface area contributed by atoms with Crippen molar-refractivity contribution in [2.24, 2.45) is 0 Å². The fourth-order valence-corrected chi connectivity index (χ4v) is 2.18. The van der Waals surface area contributed by atoms with E-state index in [9.17, 15) is 4.39 Å². The Morgan fingerprint density at radius 1 is 1.05 bits per heavy atom. The predicted molar refractivity (Wildman–Crippen MR) is 75.9 cm³/mol. The SMILES string of the molecule is Cc1ccc(F)cc1CNc1ccc2c(c1)OCCO2. The van der Waals surface area contributed by atoms with Gasteiger partial charge in [-0.15, -0.1) is 0 Å². The van der Waals surface area contributed by atoms with E-state index in [0.717, 1.165) is 28.3 Å². The maximum absolute atomic E-state index is 13.2. The molecule has 2 aromatic rings. The van der Waals surface area contributed by atoms with E-state index >= 15 is 0 Å². The van der Waals surface area contributed by atoms with Crippen molar-refractivity contribution in [3.63, 3.8) is 0 Å². The van der Waals surface area contributed by atoms with Crippen LogP contribution in [-0.4, -0.2) is 13.2 Å². The van der Waals surface area contributed by atoms with E-state index in [1.54, 1.807) is 12.1 Å². The Labute approximate surface area is 117 Å². The summed E-state index contributed by atoms with van der Waals surface area (Å²) in [5, 5.41) is 3.28. The van der Waals surface area contributed by atoms with Crippen LogP contribution >= 0.6 is 0 Å². The summed E-state index contributed by atoms with van der Waals surface area (Å²) in [6, 6.07) is 10.5. The van der Waals surface area contributed by atoms with Crippen molar-refractivity contribution in [2.45, 2.75) is 13.5 Å². The van der Waals surface area contributed by atoms with Gasteiger partial charge in [0.15, 0.2) is 11.5 Å². The van der Waals surface area contributed by atoms with Crippen molar-refractivity contribution in [1.29, 1.82) is 0 Å². The highest BCUT2D eigenvalue weighted by molar-refractivity contribution is 5.55.